The number of hydrogen-bond donors (Lipinski definition) is 2. The number of aliphatic hydroxyl groups is 1. The topological polar surface area (TPSA) is 40.5 Å². The molecule has 0 spiro atoms. The number of aliphatic hydroxyl groups excluding tert-OH is 1. The van der Waals surface area contributed by atoms with Crippen molar-refractivity contribution in [1.82, 2.24) is 0 Å². The lowest BCUT2D eigenvalue weighted by Gasteiger charge is -2.55. The fourth-order valence-corrected chi connectivity index (χ4v) is 5.30. The zero-order valence-corrected chi connectivity index (χ0v) is 14.4. The summed E-state index contributed by atoms with van der Waals surface area (Å²) in [4.78, 5) is 0. The molecule has 0 heterocycles. The lowest BCUT2D eigenvalue weighted by Crippen LogP contribution is -2.51. The van der Waals surface area contributed by atoms with E-state index in [1.165, 1.54) is 17.5 Å². The number of aryl methyl sites for hydroxylation is 1. The van der Waals surface area contributed by atoms with Crippen LogP contribution >= 0.6 is 0 Å². The zero-order valence-electron chi connectivity index (χ0n) is 14.4. The van der Waals surface area contributed by atoms with Gasteiger partial charge in [0.15, 0.2) is 0 Å². The minimum absolute atomic E-state index is 0.150. The number of aromatic hydroxyl groups is 1. The number of rotatable bonds is 2. The zero-order chi connectivity index (χ0) is 16.1. The summed E-state index contributed by atoms with van der Waals surface area (Å²) < 4.78 is 0. The highest BCUT2D eigenvalue weighted by molar-refractivity contribution is 5.49. The van der Waals surface area contributed by atoms with Crippen molar-refractivity contribution in [2.24, 2.45) is 11.3 Å². The molecule has 1 aromatic carbocycles. The van der Waals surface area contributed by atoms with E-state index in [1.54, 1.807) is 0 Å². The maximum Gasteiger partial charge on any atom is 0.119 e. The minimum Gasteiger partial charge on any atom is -0.508 e. The second kappa shape index (κ2) is 5.26. The van der Waals surface area contributed by atoms with Crippen LogP contribution in [0.15, 0.2) is 12.1 Å². The number of hydrogen-bond acceptors (Lipinski definition) is 2. The van der Waals surface area contributed by atoms with Gasteiger partial charge in [0.05, 0.1) is 6.61 Å². The summed E-state index contributed by atoms with van der Waals surface area (Å²) in [6.07, 6.45) is 5.68. The summed E-state index contributed by atoms with van der Waals surface area (Å²) in [5.74, 6) is 1.25. The first-order valence-electron chi connectivity index (χ1n) is 8.79. The summed E-state index contributed by atoms with van der Waals surface area (Å²) in [5, 5.41) is 20.8. The Morgan fingerprint density at radius 2 is 1.95 bits per heavy atom. The summed E-state index contributed by atoms with van der Waals surface area (Å²) in [5.41, 5.74) is 3.73. The monoisotopic (exact) mass is 302 g/mol. The molecule has 122 valence electrons. The molecular weight excluding hydrogens is 272 g/mol. The lowest BCUT2D eigenvalue weighted by molar-refractivity contribution is -0.00522. The van der Waals surface area contributed by atoms with Gasteiger partial charge in [-0.3, -0.25) is 0 Å². The Kier molecular flexibility index (Phi) is 3.79. The molecule has 2 nitrogen and oxygen atoms in total. The first-order chi connectivity index (χ1) is 10.3. The van der Waals surface area contributed by atoms with E-state index in [1.807, 2.05) is 6.07 Å². The predicted octanol–water partition coefficient (Wildman–Crippen LogP) is 4.52. The summed E-state index contributed by atoms with van der Waals surface area (Å²) in [6, 6.07) is 4.18. The molecule has 2 heteroatoms. The first-order valence-corrected chi connectivity index (χ1v) is 8.79. The van der Waals surface area contributed by atoms with Gasteiger partial charge in [-0.15, -0.1) is 0 Å². The highest BCUT2D eigenvalue weighted by atomic mass is 16.3. The fraction of sp³-hybridized carbons (Fsp3) is 0.700. The number of phenols is 1. The standard InChI is InChI=1S/C20H30O2/c1-13(2)15-10-14-6-7-18-19(3,4)8-5-9-20(18,12-21)16(14)11-17(15)22/h10-11,13,18,21-22H,5-9,12H2,1-4H3. The summed E-state index contributed by atoms with van der Waals surface area (Å²) in [6.45, 7) is 9.16. The van der Waals surface area contributed by atoms with Crippen molar-refractivity contribution in [3.63, 3.8) is 0 Å². The molecule has 0 aliphatic heterocycles. The molecule has 2 aliphatic rings. The lowest BCUT2D eigenvalue weighted by atomic mass is 9.50. The van der Waals surface area contributed by atoms with E-state index in [9.17, 15) is 10.2 Å². The van der Waals surface area contributed by atoms with Gasteiger partial charge in [-0.2, -0.15) is 0 Å². The van der Waals surface area contributed by atoms with Gasteiger partial charge in [0.25, 0.3) is 0 Å². The van der Waals surface area contributed by atoms with Gasteiger partial charge < -0.3 is 10.2 Å². The van der Waals surface area contributed by atoms with Crippen molar-refractivity contribution in [1.29, 1.82) is 0 Å². The van der Waals surface area contributed by atoms with Crippen molar-refractivity contribution in [3.8, 4) is 5.75 Å². The second-order valence-corrected chi connectivity index (χ2v) is 8.47. The Balaban J connectivity index is 2.16. The van der Waals surface area contributed by atoms with E-state index in [4.69, 9.17) is 0 Å². The van der Waals surface area contributed by atoms with Gasteiger partial charge >= 0.3 is 0 Å². The first kappa shape index (κ1) is 15.9. The third kappa shape index (κ3) is 2.19. The van der Waals surface area contributed by atoms with E-state index in [0.717, 1.165) is 31.2 Å². The van der Waals surface area contributed by atoms with Crippen LogP contribution in [0.25, 0.3) is 0 Å². The van der Waals surface area contributed by atoms with Crippen molar-refractivity contribution in [3.05, 3.63) is 28.8 Å². The average molecular weight is 302 g/mol. The molecule has 1 aromatic rings. The quantitative estimate of drug-likeness (QED) is 0.843. The fourth-order valence-electron chi connectivity index (χ4n) is 5.30. The van der Waals surface area contributed by atoms with Crippen LogP contribution in [-0.2, 0) is 11.8 Å². The van der Waals surface area contributed by atoms with Crippen molar-refractivity contribution in [2.75, 3.05) is 6.61 Å². The van der Waals surface area contributed by atoms with Crippen molar-refractivity contribution >= 4 is 0 Å². The third-order valence-corrected chi connectivity index (χ3v) is 6.45. The second-order valence-electron chi connectivity index (χ2n) is 8.47. The minimum atomic E-state index is -0.150. The van der Waals surface area contributed by atoms with Crippen LogP contribution in [0.3, 0.4) is 0 Å². The normalized spacial score (nSPS) is 30.0. The van der Waals surface area contributed by atoms with E-state index in [-0.39, 0.29) is 17.4 Å². The molecule has 22 heavy (non-hydrogen) atoms. The Hall–Kier alpha value is -1.02. The van der Waals surface area contributed by atoms with E-state index in [0.29, 0.717) is 17.6 Å². The molecule has 2 aliphatic carbocycles. The molecule has 1 saturated carbocycles. The highest BCUT2D eigenvalue weighted by Gasteiger charge is 2.52. The molecule has 0 amide bonds. The maximum absolute atomic E-state index is 10.5. The van der Waals surface area contributed by atoms with Crippen LogP contribution in [0.5, 0.6) is 5.75 Å². The highest BCUT2D eigenvalue weighted by Crippen LogP contribution is 2.57. The molecule has 0 aromatic heterocycles. The molecule has 2 atom stereocenters. The molecule has 2 unspecified atom stereocenters. The van der Waals surface area contributed by atoms with Gasteiger partial charge in [0.2, 0.25) is 0 Å². The SMILES string of the molecule is CC(C)c1cc2c(cc1O)C1(CO)CCCC(C)(C)C1CC2. The van der Waals surface area contributed by atoms with Gasteiger partial charge in [-0.25, -0.2) is 0 Å². The molecule has 2 N–H and O–H groups in total. The molecule has 0 radical (unpaired) electrons. The van der Waals surface area contributed by atoms with Gasteiger partial charge in [0, 0.05) is 5.41 Å². The summed E-state index contributed by atoms with van der Waals surface area (Å²) in [7, 11) is 0. The van der Waals surface area contributed by atoms with Crippen LogP contribution in [0.4, 0.5) is 0 Å². The number of fused-ring (bicyclic) bond motifs is 3. The van der Waals surface area contributed by atoms with E-state index < -0.39 is 0 Å². The van der Waals surface area contributed by atoms with Crippen LogP contribution in [0.1, 0.15) is 76.0 Å². The van der Waals surface area contributed by atoms with E-state index in [2.05, 4.69) is 33.8 Å². The van der Waals surface area contributed by atoms with Crippen molar-refractivity contribution < 1.29 is 10.2 Å². The van der Waals surface area contributed by atoms with Gasteiger partial charge in [-0.05, 0) is 65.7 Å². The average Bonchev–Trinajstić information content (AvgIpc) is 2.45. The number of benzene rings is 1. The Morgan fingerprint density at radius 3 is 2.59 bits per heavy atom. The van der Waals surface area contributed by atoms with E-state index >= 15 is 0 Å². The van der Waals surface area contributed by atoms with Gasteiger partial charge in [0.1, 0.15) is 5.75 Å². The third-order valence-electron chi connectivity index (χ3n) is 6.45. The van der Waals surface area contributed by atoms with Crippen LogP contribution < -0.4 is 0 Å². The number of phenolic OH excluding ortho intramolecular Hbond substituents is 1. The summed E-state index contributed by atoms with van der Waals surface area (Å²) >= 11 is 0. The Bertz CT molecular complexity index is 573. The predicted molar refractivity (Wildman–Crippen MR) is 90.4 cm³/mol. The van der Waals surface area contributed by atoms with Gasteiger partial charge in [-0.1, -0.05) is 40.2 Å². The Labute approximate surface area is 134 Å². The van der Waals surface area contributed by atoms with Crippen LogP contribution in [-0.4, -0.2) is 16.8 Å². The smallest absolute Gasteiger partial charge is 0.119 e. The van der Waals surface area contributed by atoms with Crippen molar-refractivity contribution in [2.45, 2.75) is 71.1 Å². The molecule has 0 bridgehead atoms. The van der Waals surface area contributed by atoms with Crippen LogP contribution in [0.2, 0.25) is 0 Å². The molecular formula is C20H30O2. The molecule has 3 rings (SSSR count). The van der Waals surface area contributed by atoms with Crippen LogP contribution in [0, 0.1) is 11.3 Å². The molecule has 1 fully saturated rings. The maximum atomic E-state index is 10.5. The Morgan fingerprint density at radius 1 is 1.23 bits per heavy atom. The molecule has 0 saturated heterocycles. The largest absolute Gasteiger partial charge is 0.508 e.